The minimum absolute atomic E-state index is 0.0935. The molecule has 0 saturated heterocycles. The fraction of sp³-hybridized carbons (Fsp3) is 0.625. The Kier molecular flexibility index (Phi) is 5.12. The zero-order chi connectivity index (χ0) is 14.5. The number of nitrogens with one attached hydrogen (secondary N) is 1. The van der Waals surface area contributed by atoms with E-state index in [1.165, 1.54) is 12.8 Å². The average Bonchev–Trinajstić information content (AvgIpc) is 2.58. The van der Waals surface area contributed by atoms with Crippen LogP contribution in [-0.4, -0.2) is 23.4 Å². The number of benzene rings is 1. The molecule has 1 aromatic carbocycles. The van der Waals surface area contributed by atoms with Gasteiger partial charge in [0.15, 0.2) is 0 Å². The summed E-state index contributed by atoms with van der Waals surface area (Å²) >= 11 is 0. The van der Waals surface area contributed by atoms with Crippen molar-refractivity contribution in [2.24, 2.45) is 0 Å². The molecule has 4 heteroatoms. The Morgan fingerprint density at radius 2 is 2.00 bits per heavy atom. The zero-order valence-corrected chi connectivity index (χ0v) is 12.4. The van der Waals surface area contributed by atoms with Gasteiger partial charge >= 0.3 is 0 Å². The summed E-state index contributed by atoms with van der Waals surface area (Å²) in [5, 5.41) is 13.6. The van der Waals surface area contributed by atoms with Crippen molar-refractivity contribution in [1.29, 1.82) is 0 Å². The van der Waals surface area contributed by atoms with Crippen molar-refractivity contribution in [3.63, 3.8) is 0 Å². The molecule has 0 bridgehead atoms. The van der Waals surface area contributed by atoms with Crippen LogP contribution in [-0.2, 0) is 0 Å². The van der Waals surface area contributed by atoms with Crippen molar-refractivity contribution in [3.05, 3.63) is 18.2 Å². The molecular formula is C16H26N2O2. The largest absolute Gasteiger partial charge is 0.489 e. The minimum atomic E-state index is -0.274. The van der Waals surface area contributed by atoms with Crippen LogP contribution in [0.2, 0.25) is 0 Å². The van der Waals surface area contributed by atoms with Gasteiger partial charge in [-0.2, -0.15) is 0 Å². The number of nitrogen functional groups attached to an aromatic ring is 1. The van der Waals surface area contributed by atoms with Crippen LogP contribution >= 0.6 is 0 Å². The lowest BCUT2D eigenvalue weighted by atomic mass is 10.1. The summed E-state index contributed by atoms with van der Waals surface area (Å²) in [5.74, 6) is 0.702. The summed E-state index contributed by atoms with van der Waals surface area (Å²) in [6.07, 6.45) is 5.19. The second-order valence-electron chi connectivity index (χ2n) is 5.88. The van der Waals surface area contributed by atoms with Crippen molar-refractivity contribution in [2.45, 2.75) is 64.2 Å². The lowest BCUT2D eigenvalue weighted by Gasteiger charge is -2.23. The van der Waals surface area contributed by atoms with Gasteiger partial charge in [-0.1, -0.05) is 19.3 Å². The Morgan fingerprint density at radius 1 is 1.25 bits per heavy atom. The molecule has 1 aromatic rings. The van der Waals surface area contributed by atoms with E-state index in [1.54, 1.807) is 0 Å². The van der Waals surface area contributed by atoms with Crippen molar-refractivity contribution in [1.82, 2.24) is 0 Å². The standard InChI is InChI=1S/C16H26N2O2/c1-11(2)20-16-10-12(8-9-13(16)17)18-14-6-4-3-5-7-15(14)19/h8-11,14-15,18-19H,3-7,17H2,1-2H3. The lowest BCUT2D eigenvalue weighted by molar-refractivity contribution is 0.144. The normalized spacial score (nSPS) is 23.4. The van der Waals surface area contributed by atoms with E-state index in [0.717, 1.165) is 24.9 Å². The minimum Gasteiger partial charge on any atom is -0.489 e. The molecule has 4 nitrogen and oxygen atoms in total. The molecule has 2 unspecified atom stereocenters. The Balaban J connectivity index is 2.08. The van der Waals surface area contributed by atoms with Crippen LogP contribution in [0.4, 0.5) is 11.4 Å². The number of hydrogen-bond donors (Lipinski definition) is 3. The predicted molar refractivity (Wildman–Crippen MR) is 83.1 cm³/mol. The summed E-state index contributed by atoms with van der Waals surface area (Å²) in [6, 6.07) is 5.84. The Hall–Kier alpha value is -1.42. The maximum absolute atomic E-state index is 10.2. The highest BCUT2D eigenvalue weighted by Gasteiger charge is 2.21. The summed E-state index contributed by atoms with van der Waals surface area (Å²) < 4.78 is 5.70. The lowest BCUT2D eigenvalue weighted by Crippen LogP contribution is -2.32. The van der Waals surface area contributed by atoms with Crippen molar-refractivity contribution in [3.8, 4) is 5.75 Å². The topological polar surface area (TPSA) is 67.5 Å². The van der Waals surface area contributed by atoms with Gasteiger partial charge in [-0.3, -0.25) is 0 Å². The smallest absolute Gasteiger partial charge is 0.144 e. The Labute approximate surface area is 121 Å². The molecule has 20 heavy (non-hydrogen) atoms. The predicted octanol–water partition coefficient (Wildman–Crippen LogP) is 3.16. The SMILES string of the molecule is CC(C)Oc1cc(NC2CCCCCC2O)ccc1N. The van der Waals surface area contributed by atoms with Gasteiger partial charge < -0.3 is 20.9 Å². The highest BCUT2D eigenvalue weighted by Crippen LogP contribution is 2.28. The number of aliphatic hydroxyl groups excluding tert-OH is 1. The van der Waals surface area contributed by atoms with Crippen molar-refractivity contribution in [2.75, 3.05) is 11.1 Å². The number of aliphatic hydroxyl groups is 1. The van der Waals surface area contributed by atoms with Crippen LogP contribution in [0.1, 0.15) is 46.0 Å². The summed E-state index contributed by atoms with van der Waals surface area (Å²) in [5.41, 5.74) is 7.52. The van der Waals surface area contributed by atoms with E-state index in [2.05, 4.69) is 5.32 Å². The molecule has 2 atom stereocenters. The summed E-state index contributed by atoms with van der Waals surface area (Å²) in [7, 11) is 0. The molecule has 0 amide bonds. The van der Waals surface area contributed by atoms with Gasteiger partial charge in [-0.05, 0) is 38.8 Å². The van der Waals surface area contributed by atoms with E-state index in [0.29, 0.717) is 11.4 Å². The van der Waals surface area contributed by atoms with Crippen molar-refractivity contribution < 1.29 is 9.84 Å². The van der Waals surface area contributed by atoms with E-state index in [1.807, 2.05) is 32.0 Å². The van der Waals surface area contributed by atoms with E-state index in [9.17, 15) is 5.11 Å². The molecule has 0 aliphatic heterocycles. The molecule has 0 radical (unpaired) electrons. The second kappa shape index (κ2) is 6.84. The first-order valence-corrected chi connectivity index (χ1v) is 7.57. The average molecular weight is 278 g/mol. The van der Waals surface area contributed by atoms with E-state index < -0.39 is 0 Å². The van der Waals surface area contributed by atoms with Gasteiger partial charge in [-0.15, -0.1) is 0 Å². The molecule has 112 valence electrons. The maximum Gasteiger partial charge on any atom is 0.144 e. The molecule has 1 aliphatic rings. The zero-order valence-electron chi connectivity index (χ0n) is 12.4. The second-order valence-corrected chi connectivity index (χ2v) is 5.88. The van der Waals surface area contributed by atoms with Crippen LogP contribution in [0.3, 0.4) is 0 Å². The third-order valence-corrected chi connectivity index (χ3v) is 3.71. The highest BCUT2D eigenvalue weighted by molar-refractivity contribution is 5.61. The Morgan fingerprint density at radius 3 is 2.75 bits per heavy atom. The molecule has 1 saturated carbocycles. The van der Waals surface area contributed by atoms with E-state index in [-0.39, 0.29) is 18.2 Å². The first-order valence-electron chi connectivity index (χ1n) is 7.57. The third-order valence-electron chi connectivity index (χ3n) is 3.71. The van der Waals surface area contributed by atoms with Gasteiger partial charge in [0.1, 0.15) is 5.75 Å². The van der Waals surface area contributed by atoms with Gasteiger partial charge in [0, 0.05) is 11.8 Å². The van der Waals surface area contributed by atoms with Crippen LogP contribution < -0.4 is 15.8 Å². The highest BCUT2D eigenvalue weighted by atomic mass is 16.5. The van der Waals surface area contributed by atoms with Crippen LogP contribution in [0.15, 0.2) is 18.2 Å². The van der Waals surface area contributed by atoms with Crippen LogP contribution in [0.25, 0.3) is 0 Å². The molecule has 0 spiro atoms. The van der Waals surface area contributed by atoms with Gasteiger partial charge in [0.05, 0.1) is 23.9 Å². The van der Waals surface area contributed by atoms with Crippen molar-refractivity contribution >= 4 is 11.4 Å². The van der Waals surface area contributed by atoms with Crippen LogP contribution in [0, 0.1) is 0 Å². The fourth-order valence-corrected chi connectivity index (χ4v) is 2.65. The molecule has 0 aromatic heterocycles. The molecular weight excluding hydrogens is 252 g/mol. The number of hydrogen-bond acceptors (Lipinski definition) is 4. The number of nitrogens with two attached hydrogens (primary N) is 1. The fourth-order valence-electron chi connectivity index (χ4n) is 2.65. The van der Waals surface area contributed by atoms with Gasteiger partial charge in [-0.25, -0.2) is 0 Å². The molecule has 0 heterocycles. The van der Waals surface area contributed by atoms with Gasteiger partial charge in [0.25, 0.3) is 0 Å². The van der Waals surface area contributed by atoms with Gasteiger partial charge in [0.2, 0.25) is 0 Å². The number of anilines is 2. The quantitative estimate of drug-likeness (QED) is 0.584. The maximum atomic E-state index is 10.2. The first kappa shape index (κ1) is 15.0. The first-order chi connectivity index (χ1) is 9.56. The monoisotopic (exact) mass is 278 g/mol. The Bertz CT molecular complexity index is 434. The molecule has 2 rings (SSSR count). The van der Waals surface area contributed by atoms with Crippen LogP contribution in [0.5, 0.6) is 5.75 Å². The van der Waals surface area contributed by atoms with E-state index >= 15 is 0 Å². The molecule has 1 aliphatic carbocycles. The van der Waals surface area contributed by atoms with E-state index in [4.69, 9.17) is 10.5 Å². The molecule has 1 fully saturated rings. The molecule has 4 N–H and O–H groups in total. The summed E-state index contributed by atoms with van der Waals surface area (Å²) in [6.45, 7) is 3.96. The summed E-state index contributed by atoms with van der Waals surface area (Å²) in [4.78, 5) is 0. The number of rotatable bonds is 4. The third kappa shape index (κ3) is 4.04. The number of ether oxygens (including phenoxy) is 1.